The van der Waals surface area contributed by atoms with Crippen molar-refractivity contribution in [3.8, 4) is 5.69 Å². The van der Waals surface area contributed by atoms with Gasteiger partial charge in [0, 0.05) is 18.8 Å². The van der Waals surface area contributed by atoms with Gasteiger partial charge in [-0.15, -0.1) is 0 Å². The summed E-state index contributed by atoms with van der Waals surface area (Å²) in [7, 11) is 2.15. The van der Waals surface area contributed by atoms with Crippen molar-refractivity contribution >= 4 is 5.69 Å². The Labute approximate surface area is 123 Å². The number of nitrogens with zero attached hydrogens (tertiary/aromatic N) is 4. The van der Waals surface area contributed by atoms with Gasteiger partial charge in [-0.25, -0.2) is 14.1 Å². The molecule has 1 N–H and O–H groups in total. The smallest absolute Gasteiger partial charge is 0.150 e. The highest BCUT2D eigenvalue weighted by Gasteiger charge is 2.17. The molecule has 0 spiro atoms. The summed E-state index contributed by atoms with van der Waals surface area (Å²) in [6, 6.07) is 5.12. The lowest BCUT2D eigenvalue weighted by atomic mass is 9.98. The van der Waals surface area contributed by atoms with Gasteiger partial charge in [0.05, 0.1) is 0 Å². The number of nitrogens with one attached hydrogen (secondary N) is 1. The summed E-state index contributed by atoms with van der Waals surface area (Å²) >= 11 is 0. The number of likely N-dealkylation sites (tertiary alicyclic amines) is 1. The van der Waals surface area contributed by atoms with E-state index in [2.05, 4.69) is 27.3 Å². The van der Waals surface area contributed by atoms with E-state index in [4.69, 9.17) is 0 Å². The fourth-order valence-electron chi connectivity index (χ4n) is 2.84. The molecule has 2 aromatic rings. The molecule has 6 heteroatoms. The minimum atomic E-state index is -0.300. The van der Waals surface area contributed by atoms with E-state index >= 15 is 0 Å². The first kappa shape index (κ1) is 14.0. The van der Waals surface area contributed by atoms with Crippen molar-refractivity contribution in [1.82, 2.24) is 19.7 Å². The van der Waals surface area contributed by atoms with E-state index in [0.29, 0.717) is 11.6 Å². The number of rotatable bonds is 4. The van der Waals surface area contributed by atoms with Crippen molar-refractivity contribution in [3.63, 3.8) is 0 Å². The molecule has 1 saturated heterocycles. The molecule has 0 amide bonds. The van der Waals surface area contributed by atoms with Gasteiger partial charge in [-0.1, -0.05) is 0 Å². The summed E-state index contributed by atoms with van der Waals surface area (Å²) in [5.74, 6) is 0.327. The van der Waals surface area contributed by atoms with Crippen molar-refractivity contribution in [1.29, 1.82) is 0 Å². The van der Waals surface area contributed by atoms with Crippen molar-refractivity contribution in [3.05, 3.63) is 36.7 Å². The van der Waals surface area contributed by atoms with Crippen LogP contribution in [-0.4, -0.2) is 46.3 Å². The third-order valence-corrected chi connectivity index (χ3v) is 3.93. The summed E-state index contributed by atoms with van der Waals surface area (Å²) in [6.45, 7) is 3.16. The number of piperidine rings is 1. The molecule has 1 aromatic heterocycles. The molecule has 1 fully saturated rings. The van der Waals surface area contributed by atoms with E-state index in [0.717, 1.165) is 18.8 Å². The normalized spacial score (nSPS) is 19.6. The maximum absolute atomic E-state index is 14.1. The number of anilines is 1. The van der Waals surface area contributed by atoms with Crippen LogP contribution in [0.2, 0.25) is 0 Å². The van der Waals surface area contributed by atoms with Crippen LogP contribution in [0.3, 0.4) is 0 Å². The standard InChI is InChI=1S/C15H20FN5/c1-20-6-2-3-12(9-20)8-18-13-4-5-15(14(16)7-13)21-11-17-10-19-21/h4-5,7,10-12,18H,2-3,6,8-9H2,1H3. The molecule has 3 rings (SSSR count). The van der Waals surface area contributed by atoms with Gasteiger partial charge >= 0.3 is 0 Å². The molecule has 1 aliphatic heterocycles. The average molecular weight is 289 g/mol. The van der Waals surface area contributed by atoms with E-state index in [1.165, 1.54) is 42.8 Å². The minimum absolute atomic E-state index is 0.300. The number of aromatic nitrogens is 3. The molecule has 1 unspecified atom stereocenters. The Morgan fingerprint density at radius 3 is 3.05 bits per heavy atom. The predicted molar refractivity (Wildman–Crippen MR) is 80.0 cm³/mol. The number of halogens is 1. The van der Waals surface area contributed by atoms with E-state index < -0.39 is 0 Å². The molecule has 0 aliphatic carbocycles. The van der Waals surface area contributed by atoms with Crippen molar-refractivity contribution in [2.45, 2.75) is 12.8 Å². The zero-order valence-electron chi connectivity index (χ0n) is 12.2. The summed E-state index contributed by atoms with van der Waals surface area (Å²) in [6.07, 6.45) is 5.36. The second-order valence-corrected chi connectivity index (χ2v) is 5.66. The maximum Gasteiger partial charge on any atom is 0.150 e. The molecule has 2 heterocycles. The molecule has 0 radical (unpaired) electrons. The van der Waals surface area contributed by atoms with Crippen LogP contribution in [0, 0.1) is 11.7 Å². The molecular weight excluding hydrogens is 269 g/mol. The van der Waals surface area contributed by atoms with Gasteiger partial charge in [-0.05, 0) is 50.6 Å². The molecule has 5 nitrogen and oxygen atoms in total. The Kier molecular flexibility index (Phi) is 4.15. The first-order valence-corrected chi connectivity index (χ1v) is 7.29. The second kappa shape index (κ2) is 6.22. The second-order valence-electron chi connectivity index (χ2n) is 5.66. The van der Waals surface area contributed by atoms with Gasteiger partial charge in [0.25, 0.3) is 0 Å². The molecule has 1 atom stereocenters. The Morgan fingerprint density at radius 2 is 2.33 bits per heavy atom. The lowest BCUT2D eigenvalue weighted by Crippen LogP contribution is -2.35. The third kappa shape index (κ3) is 3.39. The summed E-state index contributed by atoms with van der Waals surface area (Å²) in [5.41, 5.74) is 1.22. The van der Waals surface area contributed by atoms with E-state index in [9.17, 15) is 4.39 Å². The lowest BCUT2D eigenvalue weighted by molar-refractivity contribution is 0.217. The minimum Gasteiger partial charge on any atom is -0.385 e. The molecule has 0 bridgehead atoms. The molecule has 112 valence electrons. The number of benzene rings is 1. The highest BCUT2D eigenvalue weighted by molar-refractivity contribution is 5.49. The van der Waals surface area contributed by atoms with Gasteiger partial charge in [-0.3, -0.25) is 0 Å². The van der Waals surface area contributed by atoms with Gasteiger partial charge in [0.15, 0.2) is 5.82 Å². The first-order valence-electron chi connectivity index (χ1n) is 7.29. The zero-order valence-corrected chi connectivity index (χ0v) is 12.2. The van der Waals surface area contributed by atoms with Crippen molar-refractivity contribution in [2.24, 2.45) is 5.92 Å². The van der Waals surface area contributed by atoms with E-state index in [1.54, 1.807) is 6.07 Å². The van der Waals surface area contributed by atoms with Crippen LogP contribution in [-0.2, 0) is 0 Å². The monoisotopic (exact) mass is 289 g/mol. The number of hydrogen-bond acceptors (Lipinski definition) is 4. The Morgan fingerprint density at radius 1 is 1.43 bits per heavy atom. The molecule has 1 aromatic carbocycles. The molecule has 0 saturated carbocycles. The largest absolute Gasteiger partial charge is 0.385 e. The van der Waals surface area contributed by atoms with Gasteiger partial charge in [0.1, 0.15) is 18.3 Å². The highest BCUT2D eigenvalue weighted by atomic mass is 19.1. The van der Waals surface area contributed by atoms with Gasteiger partial charge in [0.2, 0.25) is 0 Å². The molecule has 1 aliphatic rings. The van der Waals surface area contributed by atoms with Crippen LogP contribution >= 0.6 is 0 Å². The average Bonchev–Trinajstić information content (AvgIpc) is 2.99. The highest BCUT2D eigenvalue weighted by Crippen LogP contribution is 2.19. The van der Waals surface area contributed by atoms with Crippen molar-refractivity contribution in [2.75, 3.05) is 32.0 Å². The maximum atomic E-state index is 14.1. The molecular formula is C15H20FN5. The van der Waals surface area contributed by atoms with Crippen LogP contribution in [0.4, 0.5) is 10.1 Å². The lowest BCUT2D eigenvalue weighted by Gasteiger charge is -2.30. The van der Waals surface area contributed by atoms with Crippen LogP contribution < -0.4 is 5.32 Å². The topological polar surface area (TPSA) is 46.0 Å². The SMILES string of the molecule is CN1CCCC(CNc2ccc(-n3cncn3)c(F)c2)C1. The number of hydrogen-bond donors (Lipinski definition) is 1. The van der Waals surface area contributed by atoms with Crippen LogP contribution in [0.5, 0.6) is 0 Å². The van der Waals surface area contributed by atoms with Crippen molar-refractivity contribution < 1.29 is 4.39 Å². The quantitative estimate of drug-likeness (QED) is 0.937. The zero-order chi connectivity index (χ0) is 14.7. The van der Waals surface area contributed by atoms with E-state index in [1.807, 2.05) is 6.07 Å². The van der Waals surface area contributed by atoms with Gasteiger partial charge < -0.3 is 10.2 Å². The predicted octanol–water partition coefficient (Wildman–Crippen LogP) is 2.16. The van der Waals surface area contributed by atoms with Crippen LogP contribution in [0.25, 0.3) is 5.69 Å². The summed E-state index contributed by atoms with van der Waals surface area (Å²) in [5, 5.41) is 7.28. The summed E-state index contributed by atoms with van der Waals surface area (Å²) < 4.78 is 15.5. The summed E-state index contributed by atoms with van der Waals surface area (Å²) in [4.78, 5) is 6.18. The fraction of sp³-hybridized carbons (Fsp3) is 0.467. The van der Waals surface area contributed by atoms with Gasteiger partial charge in [-0.2, -0.15) is 5.10 Å². The van der Waals surface area contributed by atoms with Crippen LogP contribution in [0.1, 0.15) is 12.8 Å². The third-order valence-electron chi connectivity index (χ3n) is 3.93. The molecule has 21 heavy (non-hydrogen) atoms. The Bertz CT molecular complexity index is 584. The fourth-order valence-corrected chi connectivity index (χ4v) is 2.84. The first-order chi connectivity index (χ1) is 10.2. The Hall–Kier alpha value is -1.95. The van der Waals surface area contributed by atoms with Crippen LogP contribution in [0.15, 0.2) is 30.9 Å². The van der Waals surface area contributed by atoms with E-state index in [-0.39, 0.29) is 5.82 Å². The Balaban J connectivity index is 1.63.